The zero-order valence-electron chi connectivity index (χ0n) is 11.9. The number of nitrogen functional groups attached to an aromatic ring is 1. The lowest BCUT2D eigenvalue weighted by molar-refractivity contribution is 0.0732. The van der Waals surface area contributed by atoms with Crippen molar-refractivity contribution < 1.29 is 9.53 Å². The number of aryl methyl sites for hydroxylation is 1. The van der Waals surface area contributed by atoms with Crippen LogP contribution in [0, 0.1) is 6.92 Å². The number of hydrogen-bond donors (Lipinski definition) is 1. The van der Waals surface area contributed by atoms with Crippen molar-refractivity contribution in [2.45, 2.75) is 19.9 Å². The Hall–Kier alpha value is -2.15. The van der Waals surface area contributed by atoms with Gasteiger partial charge in [-0.25, -0.2) is 4.98 Å². The average molecular weight is 304 g/mol. The number of hydrogen-bond acceptors (Lipinski definition) is 6. The fourth-order valence-corrected chi connectivity index (χ4v) is 3.33. The monoisotopic (exact) mass is 304 g/mol. The minimum Gasteiger partial charge on any atom is -0.494 e. The Bertz CT molecular complexity index is 698. The molecule has 1 amide bonds. The average Bonchev–Trinajstić information content (AvgIpc) is 2.85. The third-order valence-corrected chi connectivity index (χ3v) is 4.40. The van der Waals surface area contributed by atoms with Crippen LogP contribution in [0.1, 0.15) is 26.6 Å². The summed E-state index contributed by atoms with van der Waals surface area (Å²) in [6.45, 7) is 3.04. The molecule has 0 aliphatic carbocycles. The molecule has 0 saturated carbocycles. The molecule has 0 spiro atoms. The Morgan fingerprint density at radius 2 is 2.33 bits per heavy atom. The Morgan fingerprint density at radius 1 is 1.52 bits per heavy atom. The maximum absolute atomic E-state index is 12.7. The molecule has 1 aliphatic heterocycles. The first-order valence-electron chi connectivity index (χ1n) is 6.62. The Labute approximate surface area is 126 Å². The zero-order chi connectivity index (χ0) is 15.0. The summed E-state index contributed by atoms with van der Waals surface area (Å²) in [5.41, 5.74) is 8.08. The van der Waals surface area contributed by atoms with Gasteiger partial charge in [0.1, 0.15) is 5.75 Å². The Morgan fingerprint density at radius 3 is 3.10 bits per heavy atom. The van der Waals surface area contributed by atoms with E-state index in [1.165, 1.54) is 11.3 Å². The highest BCUT2D eigenvalue weighted by molar-refractivity contribution is 7.15. The van der Waals surface area contributed by atoms with Gasteiger partial charge in [0, 0.05) is 23.5 Å². The predicted octanol–water partition coefficient (Wildman–Crippen LogP) is 1.64. The van der Waals surface area contributed by atoms with Gasteiger partial charge in [-0.3, -0.25) is 9.78 Å². The number of carbonyl (C=O) groups excluding carboxylic acids is 1. The van der Waals surface area contributed by atoms with E-state index in [0.29, 0.717) is 29.5 Å². The number of thiazole rings is 1. The van der Waals surface area contributed by atoms with Crippen molar-refractivity contribution >= 4 is 22.4 Å². The van der Waals surface area contributed by atoms with Crippen LogP contribution in [-0.2, 0) is 13.0 Å². The molecule has 0 saturated heterocycles. The van der Waals surface area contributed by atoms with Crippen LogP contribution in [0.25, 0.3) is 0 Å². The maximum Gasteiger partial charge on any atom is 0.258 e. The van der Waals surface area contributed by atoms with Gasteiger partial charge in [0.2, 0.25) is 0 Å². The summed E-state index contributed by atoms with van der Waals surface area (Å²) < 4.78 is 5.25. The van der Waals surface area contributed by atoms with Gasteiger partial charge in [-0.05, 0) is 13.0 Å². The summed E-state index contributed by atoms with van der Waals surface area (Å²) in [7, 11) is 1.54. The fourth-order valence-electron chi connectivity index (χ4n) is 2.44. The molecule has 3 heterocycles. The number of ether oxygens (including phenoxy) is 1. The number of methoxy groups -OCH3 is 1. The highest BCUT2D eigenvalue weighted by Crippen LogP contribution is 2.28. The van der Waals surface area contributed by atoms with Crippen LogP contribution >= 0.6 is 11.3 Å². The fraction of sp³-hybridized carbons (Fsp3) is 0.357. The van der Waals surface area contributed by atoms with E-state index in [2.05, 4.69) is 9.97 Å². The maximum atomic E-state index is 12.7. The molecule has 2 aromatic heterocycles. The van der Waals surface area contributed by atoms with Crippen molar-refractivity contribution in [1.82, 2.24) is 14.9 Å². The van der Waals surface area contributed by atoms with Crippen LogP contribution in [0.4, 0.5) is 5.13 Å². The second-order valence-electron chi connectivity index (χ2n) is 4.92. The minimum atomic E-state index is -0.0463. The molecule has 0 fully saturated rings. The first-order chi connectivity index (χ1) is 10.1. The van der Waals surface area contributed by atoms with Crippen molar-refractivity contribution in [3.05, 3.63) is 34.1 Å². The van der Waals surface area contributed by atoms with Gasteiger partial charge >= 0.3 is 0 Å². The molecule has 2 N–H and O–H groups in total. The molecule has 0 bridgehead atoms. The van der Waals surface area contributed by atoms with E-state index in [1.807, 2.05) is 6.92 Å². The summed E-state index contributed by atoms with van der Waals surface area (Å²) in [5, 5.41) is 0.562. The lowest BCUT2D eigenvalue weighted by Crippen LogP contribution is -2.35. The van der Waals surface area contributed by atoms with Gasteiger partial charge < -0.3 is 15.4 Å². The van der Waals surface area contributed by atoms with E-state index in [0.717, 1.165) is 22.7 Å². The van der Waals surface area contributed by atoms with E-state index in [1.54, 1.807) is 24.3 Å². The summed E-state index contributed by atoms with van der Waals surface area (Å²) in [4.78, 5) is 24.0. The summed E-state index contributed by atoms with van der Waals surface area (Å²) >= 11 is 1.45. The third-order valence-electron chi connectivity index (χ3n) is 3.49. The van der Waals surface area contributed by atoms with E-state index in [4.69, 9.17) is 10.5 Å². The van der Waals surface area contributed by atoms with Crippen molar-refractivity contribution in [1.29, 1.82) is 0 Å². The van der Waals surface area contributed by atoms with Gasteiger partial charge in [-0.1, -0.05) is 0 Å². The molecule has 7 heteroatoms. The molecule has 3 rings (SSSR count). The molecule has 21 heavy (non-hydrogen) atoms. The highest BCUT2D eigenvalue weighted by atomic mass is 32.1. The van der Waals surface area contributed by atoms with Gasteiger partial charge in [0.25, 0.3) is 5.91 Å². The molecule has 0 radical (unpaired) electrons. The smallest absolute Gasteiger partial charge is 0.258 e. The van der Waals surface area contributed by atoms with E-state index < -0.39 is 0 Å². The van der Waals surface area contributed by atoms with Crippen LogP contribution in [-0.4, -0.2) is 34.4 Å². The Kier molecular flexibility index (Phi) is 3.50. The van der Waals surface area contributed by atoms with E-state index in [-0.39, 0.29) is 5.91 Å². The van der Waals surface area contributed by atoms with Crippen LogP contribution in [0.5, 0.6) is 5.75 Å². The molecule has 1 aliphatic rings. The standard InChI is InChI=1S/C14H16N4O2S/c1-8-5-9(11(20-2)6-16-8)13(19)18-4-3-10-12(7-18)21-14(15)17-10/h5-6H,3-4,7H2,1-2H3,(H2,15,17). The summed E-state index contributed by atoms with van der Waals surface area (Å²) in [6, 6.07) is 1.76. The summed E-state index contributed by atoms with van der Waals surface area (Å²) in [5.74, 6) is 0.454. The number of carbonyl (C=O) groups is 1. The Balaban J connectivity index is 1.88. The lowest BCUT2D eigenvalue weighted by Gasteiger charge is -2.26. The number of anilines is 1. The van der Waals surface area contributed by atoms with Crippen molar-refractivity contribution in [3.63, 3.8) is 0 Å². The van der Waals surface area contributed by atoms with Gasteiger partial charge in [-0.2, -0.15) is 0 Å². The van der Waals surface area contributed by atoms with Gasteiger partial charge in [-0.15, -0.1) is 11.3 Å². The topological polar surface area (TPSA) is 81.3 Å². The van der Waals surface area contributed by atoms with E-state index in [9.17, 15) is 4.79 Å². The van der Waals surface area contributed by atoms with E-state index >= 15 is 0 Å². The number of amides is 1. The van der Waals surface area contributed by atoms with Gasteiger partial charge in [0.05, 0.1) is 31.1 Å². The van der Waals surface area contributed by atoms with Crippen LogP contribution in [0.2, 0.25) is 0 Å². The number of nitrogens with two attached hydrogens (primary N) is 1. The number of rotatable bonds is 2. The first-order valence-corrected chi connectivity index (χ1v) is 7.44. The van der Waals surface area contributed by atoms with Crippen molar-refractivity contribution in [2.24, 2.45) is 0 Å². The first kappa shape index (κ1) is 13.8. The molecular weight excluding hydrogens is 288 g/mol. The predicted molar refractivity (Wildman–Crippen MR) is 80.5 cm³/mol. The molecule has 0 aromatic carbocycles. The molecule has 6 nitrogen and oxygen atoms in total. The molecule has 2 aromatic rings. The largest absolute Gasteiger partial charge is 0.494 e. The number of nitrogens with zero attached hydrogens (tertiary/aromatic N) is 3. The van der Waals surface area contributed by atoms with Crippen molar-refractivity contribution in [3.8, 4) is 5.75 Å². The van der Waals surface area contributed by atoms with Crippen LogP contribution < -0.4 is 10.5 Å². The lowest BCUT2D eigenvalue weighted by atomic mass is 10.1. The van der Waals surface area contributed by atoms with Crippen LogP contribution in [0.15, 0.2) is 12.3 Å². The van der Waals surface area contributed by atoms with Gasteiger partial charge in [0.15, 0.2) is 5.13 Å². The number of fused-ring (bicyclic) bond motifs is 1. The molecule has 110 valence electrons. The summed E-state index contributed by atoms with van der Waals surface area (Å²) in [6.07, 6.45) is 2.32. The molecular formula is C14H16N4O2S. The number of pyridine rings is 1. The third kappa shape index (κ3) is 2.56. The minimum absolute atomic E-state index is 0.0463. The van der Waals surface area contributed by atoms with Crippen molar-refractivity contribution in [2.75, 3.05) is 19.4 Å². The highest BCUT2D eigenvalue weighted by Gasteiger charge is 2.26. The second kappa shape index (κ2) is 5.33. The normalized spacial score (nSPS) is 13.9. The second-order valence-corrected chi connectivity index (χ2v) is 6.04. The quantitative estimate of drug-likeness (QED) is 0.912. The number of aromatic nitrogens is 2. The molecule has 0 atom stereocenters. The van der Waals surface area contributed by atoms with Crippen LogP contribution in [0.3, 0.4) is 0 Å². The zero-order valence-corrected chi connectivity index (χ0v) is 12.7. The SMILES string of the molecule is COc1cnc(C)cc1C(=O)N1CCc2nc(N)sc2C1. The molecule has 0 unspecified atom stereocenters.